The van der Waals surface area contributed by atoms with Crippen LogP contribution in [0.5, 0.6) is 11.5 Å². The Bertz CT molecular complexity index is 688. The zero-order valence-electron chi connectivity index (χ0n) is 17.5. The molecule has 1 aromatic carbocycles. The molecule has 1 aliphatic rings. The number of methoxy groups -OCH3 is 2. The number of rotatable bonds is 8. The predicted octanol–water partition coefficient (Wildman–Crippen LogP) is 2.32. The SMILES string of the molecule is COc1ccc(NC(=O)C(C)N2CCCC(N(C)CC(=O)O)CC2)c(OC)c1.Cl. The Balaban J connectivity index is 0.00000420. The number of hydrogen-bond donors (Lipinski definition) is 2. The maximum Gasteiger partial charge on any atom is 0.317 e. The van der Waals surface area contributed by atoms with E-state index in [-0.39, 0.29) is 36.9 Å². The first kappa shape index (κ1) is 25.0. The van der Waals surface area contributed by atoms with Crippen LogP contribution in [-0.4, -0.2) is 79.8 Å². The van der Waals surface area contributed by atoms with Gasteiger partial charge in [0.2, 0.25) is 5.91 Å². The van der Waals surface area contributed by atoms with E-state index in [1.165, 1.54) is 0 Å². The second kappa shape index (κ2) is 11.8. The van der Waals surface area contributed by atoms with E-state index in [1.807, 2.05) is 18.9 Å². The standard InChI is InChI=1S/C20H31N3O5.ClH/c1-14(20(26)21-17-8-7-16(27-3)12-18(17)28-4)23-10-5-6-15(9-11-23)22(2)13-19(24)25;/h7-8,12,14-15H,5-6,9-11,13H2,1-4H3,(H,21,26)(H,24,25);1H. The number of nitrogens with zero attached hydrogens (tertiary/aromatic N) is 2. The Morgan fingerprint density at radius 1 is 1.28 bits per heavy atom. The number of carboxylic acid groups (broad SMARTS) is 1. The lowest BCUT2D eigenvalue weighted by Gasteiger charge is -2.28. The molecule has 0 bridgehead atoms. The molecule has 0 aromatic heterocycles. The number of aliphatic carboxylic acids is 1. The van der Waals surface area contributed by atoms with Crippen LogP contribution in [0, 0.1) is 0 Å². The summed E-state index contributed by atoms with van der Waals surface area (Å²) in [5, 5.41) is 11.9. The van der Waals surface area contributed by atoms with Crippen LogP contribution in [-0.2, 0) is 9.59 Å². The van der Waals surface area contributed by atoms with Crippen LogP contribution in [0.2, 0.25) is 0 Å². The van der Waals surface area contributed by atoms with Gasteiger partial charge in [0.25, 0.3) is 0 Å². The first-order valence-corrected chi connectivity index (χ1v) is 9.54. The number of halogens is 1. The molecule has 8 nitrogen and oxygen atoms in total. The van der Waals surface area contributed by atoms with E-state index >= 15 is 0 Å². The summed E-state index contributed by atoms with van der Waals surface area (Å²) in [5.74, 6) is 0.295. The number of carbonyl (C=O) groups excluding carboxylic acids is 1. The van der Waals surface area contributed by atoms with Crippen molar-refractivity contribution in [2.24, 2.45) is 0 Å². The Hall–Kier alpha value is -2.03. The van der Waals surface area contributed by atoms with Crippen molar-refractivity contribution in [2.75, 3.05) is 46.2 Å². The molecule has 0 aliphatic carbocycles. The molecule has 0 spiro atoms. The average Bonchev–Trinajstić information content (AvgIpc) is 2.93. The van der Waals surface area contributed by atoms with Crippen molar-refractivity contribution in [3.8, 4) is 11.5 Å². The lowest BCUT2D eigenvalue weighted by atomic mass is 10.1. The maximum atomic E-state index is 12.8. The first-order chi connectivity index (χ1) is 13.3. The lowest BCUT2D eigenvalue weighted by molar-refractivity contribution is -0.138. The highest BCUT2D eigenvalue weighted by molar-refractivity contribution is 5.96. The summed E-state index contributed by atoms with van der Waals surface area (Å²) in [5.41, 5.74) is 0.606. The minimum absolute atomic E-state index is 0. The van der Waals surface area contributed by atoms with Crippen LogP contribution >= 0.6 is 12.4 Å². The van der Waals surface area contributed by atoms with Gasteiger partial charge in [-0.1, -0.05) is 0 Å². The third-order valence-electron chi connectivity index (χ3n) is 5.33. The largest absolute Gasteiger partial charge is 0.497 e. The molecule has 1 aromatic rings. The van der Waals surface area contributed by atoms with Gasteiger partial charge in [-0.15, -0.1) is 12.4 Å². The molecule has 1 heterocycles. The third kappa shape index (κ3) is 7.06. The fourth-order valence-electron chi connectivity index (χ4n) is 3.58. The van der Waals surface area contributed by atoms with Gasteiger partial charge in [-0.05, 0) is 51.9 Å². The summed E-state index contributed by atoms with van der Waals surface area (Å²) < 4.78 is 10.5. The fraction of sp³-hybridized carbons (Fsp3) is 0.600. The van der Waals surface area contributed by atoms with E-state index in [0.29, 0.717) is 17.2 Å². The topological polar surface area (TPSA) is 91.3 Å². The molecule has 1 amide bonds. The first-order valence-electron chi connectivity index (χ1n) is 9.54. The van der Waals surface area contributed by atoms with E-state index in [1.54, 1.807) is 32.4 Å². The van der Waals surface area contributed by atoms with Gasteiger partial charge in [0.1, 0.15) is 11.5 Å². The average molecular weight is 430 g/mol. The molecule has 9 heteroatoms. The summed E-state index contributed by atoms with van der Waals surface area (Å²) in [6, 6.07) is 5.20. The van der Waals surface area contributed by atoms with Crippen molar-refractivity contribution >= 4 is 30.0 Å². The molecule has 1 aliphatic heterocycles. The minimum Gasteiger partial charge on any atom is -0.497 e. The summed E-state index contributed by atoms with van der Waals surface area (Å²) in [4.78, 5) is 27.8. The number of likely N-dealkylation sites (N-methyl/N-ethyl adjacent to an activating group) is 1. The second-order valence-corrected chi connectivity index (χ2v) is 7.16. The van der Waals surface area contributed by atoms with E-state index in [4.69, 9.17) is 14.6 Å². The van der Waals surface area contributed by atoms with Crippen molar-refractivity contribution in [3.05, 3.63) is 18.2 Å². The number of hydrogen-bond acceptors (Lipinski definition) is 6. The highest BCUT2D eigenvalue weighted by Crippen LogP contribution is 2.29. The van der Waals surface area contributed by atoms with Crippen LogP contribution in [0.25, 0.3) is 0 Å². The zero-order chi connectivity index (χ0) is 20.7. The highest BCUT2D eigenvalue weighted by atomic mass is 35.5. The highest BCUT2D eigenvalue weighted by Gasteiger charge is 2.27. The number of anilines is 1. The number of likely N-dealkylation sites (tertiary alicyclic amines) is 1. The predicted molar refractivity (Wildman–Crippen MR) is 114 cm³/mol. The minimum atomic E-state index is -0.815. The van der Waals surface area contributed by atoms with Gasteiger partial charge >= 0.3 is 5.97 Å². The van der Waals surface area contributed by atoms with Gasteiger partial charge in [-0.2, -0.15) is 0 Å². The summed E-state index contributed by atoms with van der Waals surface area (Å²) in [6.45, 7) is 3.50. The van der Waals surface area contributed by atoms with Crippen molar-refractivity contribution in [2.45, 2.75) is 38.3 Å². The smallest absolute Gasteiger partial charge is 0.317 e. The van der Waals surface area contributed by atoms with E-state index < -0.39 is 5.97 Å². The summed E-state index contributed by atoms with van der Waals surface area (Å²) in [7, 11) is 4.98. The Labute approximate surface area is 178 Å². The van der Waals surface area contributed by atoms with Crippen molar-refractivity contribution < 1.29 is 24.2 Å². The Morgan fingerprint density at radius 3 is 2.62 bits per heavy atom. The molecular weight excluding hydrogens is 398 g/mol. The van der Waals surface area contributed by atoms with Gasteiger partial charge in [0, 0.05) is 18.7 Å². The molecule has 2 N–H and O–H groups in total. The van der Waals surface area contributed by atoms with Crippen LogP contribution in [0.1, 0.15) is 26.2 Å². The van der Waals surface area contributed by atoms with Crippen LogP contribution in [0.4, 0.5) is 5.69 Å². The van der Waals surface area contributed by atoms with Gasteiger partial charge in [-0.25, -0.2) is 0 Å². The normalized spacial score (nSPS) is 18.3. The monoisotopic (exact) mass is 429 g/mol. The molecule has 0 saturated carbocycles. The van der Waals surface area contributed by atoms with Crippen molar-refractivity contribution in [1.29, 1.82) is 0 Å². The lowest BCUT2D eigenvalue weighted by Crippen LogP contribution is -2.43. The molecule has 164 valence electrons. The molecule has 2 unspecified atom stereocenters. The van der Waals surface area contributed by atoms with E-state index in [0.717, 1.165) is 32.4 Å². The zero-order valence-corrected chi connectivity index (χ0v) is 18.3. The molecule has 2 rings (SSSR count). The molecule has 2 atom stereocenters. The van der Waals surface area contributed by atoms with E-state index in [2.05, 4.69) is 10.2 Å². The van der Waals surface area contributed by atoms with Crippen molar-refractivity contribution in [1.82, 2.24) is 9.80 Å². The quantitative estimate of drug-likeness (QED) is 0.655. The maximum absolute atomic E-state index is 12.8. The molecule has 1 saturated heterocycles. The summed E-state index contributed by atoms with van der Waals surface area (Å²) in [6.07, 6.45) is 2.70. The van der Waals surface area contributed by atoms with Gasteiger partial charge < -0.3 is 19.9 Å². The van der Waals surface area contributed by atoms with E-state index in [9.17, 15) is 9.59 Å². The van der Waals surface area contributed by atoms with Gasteiger partial charge in [0.05, 0.1) is 32.5 Å². The number of benzene rings is 1. The molecular formula is C20H32ClN3O5. The van der Waals surface area contributed by atoms with Gasteiger partial charge in [0.15, 0.2) is 0 Å². The second-order valence-electron chi connectivity index (χ2n) is 7.16. The van der Waals surface area contributed by atoms with Crippen LogP contribution in [0.3, 0.4) is 0 Å². The molecule has 1 fully saturated rings. The van der Waals surface area contributed by atoms with Crippen LogP contribution in [0.15, 0.2) is 18.2 Å². The summed E-state index contributed by atoms with van der Waals surface area (Å²) >= 11 is 0. The Kier molecular flexibility index (Phi) is 10.2. The number of carboxylic acids is 1. The fourth-order valence-corrected chi connectivity index (χ4v) is 3.58. The van der Waals surface area contributed by atoms with Crippen LogP contribution < -0.4 is 14.8 Å². The molecule has 29 heavy (non-hydrogen) atoms. The third-order valence-corrected chi connectivity index (χ3v) is 5.33. The number of carbonyl (C=O) groups is 2. The van der Waals surface area contributed by atoms with Crippen molar-refractivity contribution in [3.63, 3.8) is 0 Å². The number of nitrogens with one attached hydrogen (secondary N) is 1. The number of ether oxygens (including phenoxy) is 2. The number of amides is 1. The Morgan fingerprint density at radius 2 is 2.00 bits per heavy atom. The molecule has 0 radical (unpaired) electrons. The van der Waals surface area contributed by atoms with Gasteiger partial charge in [-0.3, -0.25) is 19.4 Å².